The van der Waals surface area contributed by atoms with E-state index >= 15 is 0 Å². The molecule has 2 heterocycles. The molecule has 0 amide bonds. The molecule has 1 aliphatic heterocycles. The summed E-state index contributed by atoms with van der Waals surface area (Å²) in [6, 6.07) is 8.75. The molecule has 28 heavy (non-hydrogen) atoms. The van der Waals surface area contributed by atoms with Crippen molar-refractivity contribution in [2.24, 2.45) is 0 Å². The second-order valence-corrected chi connectivity index (χ2v) is 8.87. The van der Waals surface area contributed by atoms with E-state index in [2.05, 4.69) is 23.0 Å². The van der Waals surface area contributed by atoms with Crippen LogP contribution in [-0.2, 0) is 16.6 Å². The van der Waals surface area contributed by atoms with E-state index in [1.165, 1.54) is 0 Å². The number of hydrogen-bond donors (Lipinski definition) is 0. The van der Waals surface area contributed by atoms with Crippen molar-refractivity contribution in [1.82, 2.24) is 19.0 Å². The van der Waals surface area contributed by atoms with Crippen molar-refractivity contribution in [2.75, 3.05) is 39.8 Å². The zero-order chi connectivity index (χ0) is 19.4. The summed E-state index contributed by atoms with van der Waals surface area (Å²) < 4.78 is 34.7. The lowest BCUT2D eigenvalue weighted by atomic mass is 10.3. The van der Waals surface area contributed by atoms with Crippen molar-refractivity contribution in [3.63, 3.8) is 0 Å². The first-order valence-corrected chi connectivity index (χ1v) is 10.7. The van der Waals surface area contributed by atoms with Crippen LogP contribution in [0.4, 0.5) is 0 Å². The quantitative estimate of drug-likeness (QED) is 0.706. The van der Waals surface area contributed by atoms with Crippen LogP contribution in [0.2, 0.25) is 0 Å². The number of methoxy groups -OCH3 is 1. The number of halogens is 1. The number of sulfonamides is 1. The molecule has 1 saturated heterocycles. The molecule has 3 rings (SSSR count). The van der Waals surface area contributed by atoms with Crippen LogP contribution < -0.4 is 4.74 Å². The Kier molecular flexibility index (Phi) is 7.88. The third-order valence-electron chi connectivity index (χ3n) is 4.96. The number of aromatic nitrogens is 2. The summed E-state index contributed by atoms with van der Waals surface area (Å²) in [6.45, 7) is 8.40. The third-order valence-corrected chi connectivity index (χ3v) is 6.85. The van der Waals surface area contributed by atoms with Crippen molar-refractivity contribution >= 4 is 22.4 Å². The smallest absolute Gasteiger partial charge is 0.243 e. The van der Waals surface area contributed by atoms with Crippen LogP contribution >= 0.6 is 12.4 Å². The lowest BCUT2D eigenvalue weighted by molar-refractivity contribution is 0.269. The van der Waals surface area contributed by atoms with Gasteiger partial charge >= 0.3 is 0 Å². The van der Waals surface area contributed by atoms with Gasteiger partial charge in [0.1, 0.15) is 5.75 Å². The Morgan fingerprint density at radius 1 is 1.07 bits per heavy atom. The number of aryl methyl sites for hydroxylation is 2. The number of rotatable bonds is 6. The minimum absolute atomic E-state index is 0. The van der Waals surface area contributed by atoms with E-state index in [0.717, 1.165) is 44.0 Å². The number of nitrogens with zero attached hydrogens (tertiary/aromatic N) is 4. The van der Waals surface area contributed by atoms with Gasteiger partial charge in [0.2, 0.25) is 10.0 Å². The standard InChI is InChI=1S/C19H28N4O3S.ClH/c1-16-14-17(2)23(20-16)13-11-21-8-5-9-22(12-10-21)27(24,25)19-7-4-6-18(15-19)26-3;/h4,6-7,14-15H,5,8-13H2,1-3H3;1H. The van der Waals surface area contributed by atoms with E-state index in [4.69, 9.17) is 4.74 Å². The van der Waals surface area contributed by atoms with Crippen molar-refractivity contribution < 1.29 is 13.2 Å². The molecule has 1 aromatic carbocycles. The van der Waals surface area contributed by atoms with Gasteiger partial charge in [0.05, 0.1) is 24.2 Å². The predicted octanol–water partition coefficient (Wildman–Crippen LogP) is 2.33. The van der Waals surface area contributed by atoms with E-state index < -0.39 is 10.0 Å². The molecule has 0 unspecified atom stereocenters. The molecular weight excluding hydrogens is 400 g/mol. The van der Waals surface area contributed by atoms with Gasteiger partial charge in [-0.2, -0.15) is 9.40 Å². The minimum Gasteiger partial charge on any atom is -0.497 e. The molecule has 0 aliphatic carbocycles. The van der Waals surface area contributed by atoms with Crippen molar-refractivity contribution in [2.45, 2.75) is 31.7 Å². The van der Waals surface area contributed by atoms with Gasteiger partial charge in [-0.05, 0) is 45.0 Å². The molecule has 9 heteroatoms. The van der Waals surface area contributed by atoms with Gasteiger partial charge in [-0.1, -0.05) is 6.07 Å². The van der Waals surface area contributed by atoms with Crippen molar-refractivity contribution in [1.29, 1.82) is 0 Å². The summed E-state index contributed by atoms with van der Waals surface area (Å²) in [6.07, 6.45) is 0.820. The van der Waals surface area contributed by atoms with Crippen molar-refractivity contribution in [3.05, 3.63) is 41.7 Å². The van der Waals surface area contributed by atoms with E-state index in [-0.39, 0.29) is 17.3 Å². The molecule has 2 aromatic rings. The summed E-state index contributed by atoms with van der Waals surface area (Å²) in [5.74, 6) is 0.553. The maximum Gasteiger partial charge on any atom is 0.243 e. The zero-order valence-corrected chi connectivity index (χ0v) is 18.3. The first kappa shape index (κ1) is 22.7. The minimum atomic E-state index is -3.50. The average molecular weight is 429 g/mol. The number of benzene rings is 1. The van der Waals surface area contributed by atoms with Crippen LogP contribution in [0.1, 0.15) is 17.8 Å². The average Bonchev–Trinajstić information content (AvgIpc) is 2.85. The van der Waals surface area contributed by atoms with E-state index in [1.807, 2.05) is 11.6 Å². The molecule has 0 N–H and O–H groups in total. The molecule has 1 fully saturated rings. The van der Waals surface area contributed by atoms with Gasteiger partial charge in [0, 0.05) is 37.9 Å². The monoisotopic (exact) mass is 428 g/mol. The first-order chi connectivity index (χ1) is 12.9. The van der Waals surface area contributed by atoms with Gasteiger partial charge in [-0.15, -0.1) is 12.4 Å². The summed E-state index contributed by atoms with van der Waals surface area (Å²) in [4.78, 5) is 2.61. The third kappa shape index (κ3) is 5.26. The van der Waals surface area contributed by atoms with Crippen LogP contribution in [0, 0.1) is 13.8 Å². The fourth-order valence-corrected chi connectivity index (χ4v) is 4.96. The Morgan fingerprint density at radius 3 is 2.54 bits per heavy atom. The van der Waals surface area contributed by atoms with Gasteiger partial charge < -0.3 is 9.64 Å². The van der Waals surface area contributed by atoms with Crippen LogP contribution in [0.5, 0.6) is 5.75 Å². The lowest BCUT2D eigenvalue weighted by Gasteiger charge is -2.22. The molecule has 0 atom stereocenters. The molecule has 0 spiro atoms. The van der Waals surface area contributed by atoms with Gasteiger partial charge in [0.15, 0.2) is 0 Å². The molecule has 156 valence electrons. The molecule has 0 radical (unpaired) electrons. The Labute approximate surface area is 173 Å². The number of ether oxygens (including phenoxy) is 1. The summed E-state index contributed by atoms with van der Waals surface area (Å²) >= 11 is 0. The normalized spacial score (nSPS) is 16.4. The summed E-state index contributed by atoms with van der Waals surface area (Å²) in [5.41, 5.74) is 2.18. The molecular formula is C19H29ClN4O3S. The maximum atomic E-state index is 13.0. The fourth-order valence-electron chi connectivity index (χ4n) is 3.46. The van der Waals surface area contributed by atoms with Gasteiger partial charge in [-0.25, -0.2) is 8.42 Å². The van der Waals surface area contributed by atoms with Crippen LogP contribution in [-0.4, -0.2) is 67.2 Å². The highest BCUT2D eigenvalue weighted by atomic mass is 35.5. The van der Waals surface area contributed by atoms with Gasteiger partial charge in [0.25, 0.3) is 0 Å². The Morgan fingerprint density at radius 2 is 1.86 bits per heavy atom. The lowest BCUT2D eigenvalue weighted by Crippen LogP contribution is -2.36. The first-order valence-electron chi connectivity index (χ1n) is 9.28. The second kappa shape index (κ2) is 9.73. The Hall–Kier alpha value is -1.61. The van der Waals surface area contributed by atoms with E-state index in [0.29, 0.717) is 18.8 Å². The maximum absolute atomic E-state index is 13.0. The van der Waals surface area contributed by atoms with Gasteiger partial charge in [-0.3, -0.25) is 4.68 Å². The Balaban J connectivity index is 0.00000280. The molecule has 1 aromatic heterocycles. The molecule has 0 saturated carbocycles. The Bertz CT molecular complexity index is 885. The molecule has 7 nitrogen and oxygen atoms in total. The van der Waals surface area contributed by atoms with Crippen LogP contribution in [0.15, 0.2) is 35.2 Å². The topological polar surface area (TPSA) is 67.7 Å². The second-order valence-electron chi connectivity index (χ2n) is 6.93. The largest absolute Gasteiger partial charge is 0.497 e. The van der Waals surface area contributed by atoms with E-state index in [9.17, 15) is 8.42 Å². The highest BCUT2D eigenvalue weighted by Crippen LogP contribution is 2.22. The van der Waals surface area contributed by atoms with Crippen LogP contribution in [0.25, 0.3) is 0 Å². The van der Waals surface area contributed by atoms with Crippen LogP contribution in [0.3, 0.4) is 0 Å². The highest BCUT2D eigenvalue weighted by molar-refractivity contribution is 7.89. The van der Waals surface area contributed by atoms with E-state index in [1.54, 1.807) is 35.7 Å². The van der Waals surface area contributed by atoms with Crippen molar-refractivity contribution in [3.8, 4) is 5.75 Å². The SMILES string of the molecule is COc1cccc(S(=O)(=O)N2CCCN(CCn3nc(C)cc3C)CC2)c1.Cl. The number of hydrogen-bond acceptors (Lipinski definition) is 5. The summed E-state index contributed by atoms with van der Waals surface area (Å²) in [7, 11) is -1.96. The highest BCUT2D eigenvalue weighted by Gasteiger charge is 2.27. The fraction of sp³-hybridized carbons (Fsp3) is 0.526. The predicted molar refractivity (Wildman–Crippen MR) is 112 cm³/mol. The summed E-state index contributed by atoms with van der Waals surface area (Å²) in [5, 5.41) is 4.50. The zero-order valence-electron chi connectivity index (χ0n) is 16.7. The molecule has 1 aliphatic rings. The molecule has 0 bridgehead atoms.